The molecule has 0 atom stereocenters. The van der Waals surface area contributed by atoms with E-state index in [9.17, 15) is 21.8 Å². The van der Waals surface area contributed by atoms with Crippen molar-refractivity contribution in [3.05, 3.63) is 29.8 Å². The average molecular weight is 210 g/mol. The number of hydrogen-bond acceptors (Lipinski definition) is 1. The Bertz CT molecular complexity index is 294. The van der Waals surface area contributed by atoms with Crippen LogP contribution in [-0.4, -0.2) is 7.47 Å². The van der Waals surface area contributed by atoms with Crippen molar-refractivity contribution in [3.8, 4) is 5.75 Å². The van der Waals surface area contributed by atoms with Crippen LogP contribution in [0.3, 0.4) is 0 Å². The van der Waals surface area contributed by atoms with Crippen LogP contribution in [0.2, 0.25) is 0 Å². The van der Waals surface area contributed by atoms with Gasteiger partial charge in [0.1, 0.15) is 5.75 Å². The predicted molar refractivity (Wildman–Crippen MR) is 40.0 cm³/mol. The molecule has 0 radical (unpaired) electrons. The first-order valence-electron chi connectivity index (χ1n) is 3.51. The van der Waals surface area contributed by atoms with Gasteiger partial charge in [0.2, 0.25) is 0 Å². The molecule has 0 heterocycles. The third kappa shape index (κ3) is 2.90. The molecule has 1 rings (SSSR count). The minimum Gasteiger partial charge on any atom is -0.505 e. The van der Waals surface area contributed by atoms with E-state index in [0.717, 1.165) is 12.1 Å². The van der Waals surface area contributed by atoms with Crippen LogP contribution in [-0.2, 0) is 6.18 Å². The van der Waals surface area contributed by atoms with E-state index >= 15 is 0 Å². The van der Waals surface area contributed by atoms with Gasteiger partial charge in [0, 0.05) is 0 Å². The zero-order valence-corrected chi connectivity index (χ0v) is 6.68. The maximum absolute atomic E-state index is 12.0. The largest absolute Gasteiger partial charge is 0.796 e. The number of hydrogen-bond donors (Lipinski definition) is 0. The van der Waals surface area contributed by atoms with Crippen molar-refractivity contribution in [2.75, 3.05) is 0 Å². The topological polar surface area (TPSA) is 9.23 Å². The fourth-order valence-corrected chi connectivity index (χ4v) is 0.825. The van der Waals surface area contributed by atoms with Gasteiger partial charge in [0.05, 0.1) is 5.56 Å². The number of benzene rings is 1. The van der Waals surface area contributed by atoms with Gasteiger partial charge in [-0.2, -0.15) is 13.2 Å². The Labute approximate surface area is 76.7 Å². The first-order chi connectivity index (χ1) is 6.39. The fourth-order valence-electron chi connectivity index (χ4n) is 0.825. The molecule has 0 bridgehead atoms. The van der Waals surface area contributed by atoms with Crippen molar-refractivity contribution < 1.29 is 26.5 Å². The highest BCUT2D eigenvalue weighted by atomic mass is 19.4. The summed E-state index contributed by atoms with van der Waals surface area (Å²) in [5, 5.41) is 0. The lowest BCUT2D eigenvalue weighted by molar-refractivity contribution is -0.137. The molecule has 0 aliphatic rings. The highest BCUT2D eigenvalue weighted by Gasteiger charge is 2.30. The Balaban J connectivity index is 2.79. The lowest BCUT2D eigenvalue weighted by Gasteiger charge is -2.07. The summed E-state index contributed by atoms with van der Waals surface area (Å²) in [5.74, 6) is -0.298. The summed E-state index contributed by atoms with van der Waals surface area (Å²) < 4.78 is 63.1. The molecule has 0 aliphatic heterocycles. The second-order valence-corrected chi connectivity index (χ2v) is 2.40. The summed E-state index contributed by atoms with van der Waals surface area (Å²) in [6.07, 6.45) is -4.47. The molecule has 7 heteroatoms. The normalized spacial score (nSPS) is 11.2. The van der Waals surface area contributed by atoms with Gasteiger partial charge in [0.25, 0.3) is 0 Å². The van der Waals surface area contributed by atoms with Crippen LogP contribution < -0.4 is 4.65 Å². The van der Waals surface area contributed by atoms with Gasteiger partial charge in [-0.1, -0.05) is 0 Å². The summed E-state index contributed by atoms with van der Waals surface area (Å²) in [6.45, 7) is 0. The van der Waals surface area contributed by atoms with Crippen LogP contribution in [0.25, 0.3) is 0 Å². The van der Waals surface area contributed by atoms with Gasteiger partial charge < -0.3 is 4.65 Å². The third-order valence-corrected chi connectivity index (χ3v) is 1.41. The second kappa shape index (κ2) is 3.85. The molecule has 76 valence electrons. The number of halogens is 5. The molecule has 0 unspecified atom stereocenters. The molecule has 1 nitrogen and oxygen atoms in total. The Morgan fingerprint density at radius 2 is 1.50 bits per heavy atom. The summed E-state index contributed by atoms with van der Waals surface area (Å²) in [7, 11) is -3.04. The van der Waals surface area contributed by atoms with Gasteiger partial charge in [-0.15, -0.1) is 0 Å². The minimum atomic E-state index is -4.47. The van der Waals surface area contributed by atoms with Crippen molar-refractivity contribution in [2.24, 2.45) is 0 Å². The maximum atomic E-state index is 12.0. The zero-order chi connectivity index (χ0) is 10.8. The fraction of sp³-hybridized carbons (Fsp3) is 0.143. The van der Waals surface area contributed by atoms with E-state index in [-0.39, 0.29) is 5.75 Å². The van der Waals surface area contributed by atoms with Crippen LogP contribution in [0.15, 0.2) is 24.3 Å². The van der Waals surface area contributed by atoms with E-state index in [1.54, 1.807) is 0 Å². The second-order valence-electron chi connectivity index (χ2n) is 2.40. The molecular formula is C7H4BF5O. The summed E-state index contributed by atoms with van der Waals surface area (Å²) in [5.41, 5.74) is -0.904. The van der Waals surface area contributed by atoms with Crippen LogP contribution in [0, 0.1) is 0 Å². The van der Waals surface area contributed by atoms with Crippen LogP contribution in [0.5, 0.6) is 5.75 Å². The Kier molecular flexibility index (Phi) is 2.98. The Morgan fingerprint density at radius 3 is 1.86 bits per heavy atom. The van der Waals surface area contributed by atoms with Crippen LogP contribution in [0.4, 0.5) is 21.8 Å². The van der Waals surface area contributed by atoms with Gasteiger partial charge in [-0.05, 0) is 24.3 Å². The van der Waals surface area contributed by atoms with E-state index in [2.05, 4.69) is 4.65 Å². The minimum absolute atomic E-state index is 0.298. The van der Waals surface area contributed by atoms with E-state index in [1.807, 2.05) is 0 Å². The molecule has 0 spiro atoms. The maximum Gasteiger partial charge on any atom is 0.796 e. The first kappa shape index (κ1) is 10.8. The molecule has 0 aliphatic carbocycles. The quantitative estimate of drug-likeness (QED) is 0.538. The monoisotopic (exact) mass is 210 g/mol. The molecule has 0 fully saturated rings. The van der Waals surface area contributed by atoms with Crippen molar-refractivity contribution in [1.29, 1.82) is 0 Å². The standard InChI is InChI=1S/C7H4BF5O/c9-7(10,11)5-1-3-6(4-2-5)14-8(12)13/h1-4H. The van der Waals surface area contributed by atoms with E-state index in [0.29, 0.717) is 12.1 Å². The van der Waals surface area contributed by atoms with Crippen molar-refractivity contribution in [1.82, 2.24) is 0 Å². The number of alkyl halides is 3. The average Bonchev–Trinajstić information content (AvgIpc) is 2.02. The van der Waals surface area contributed by atoms with Gasteiger partial charge in [-0.3, -0.25) is 0 Å². The molecule has 0 N–H and O–H groups in total. The molecule has 0 aromatic heterocycles. The number of rotatable bonds is 2. The first-order valence-corrected chi connectivity index (χ1v) is 3.51. The molecular weight excluding hydrogens is 206 g/mol. The lowest BCUT2D eigenvalue weighted by atomic mass is 10.2. The highest BCUT2D eigenvalue weighted by molar-refractivity contribution is 6.35. The molecule has 0 amide bonds. The van der Waals surface area contributed by atoms with Crippen LogP contribution >= 0.6 is 0 Å². The zero-order valence-electron chi connectivity index (χ0n) is 6.68. The lowest BCUT2D eigenvalue weighted by Crippen LogP contribution is -2.09. The van der Waals surface area contributed by atoms with E-state index < -0.39 is 19.2 Å². The van der Waals surface area contributed by atoms with E-state index in [1.165, 1.54) is 0 Å². The SMILES string of the molecule is FB(F)Oc1ccc(C(F)(F)F)cc1. The van der Waals surface area contributed by atoms with Gasteiger partial charge in [-0.25, -0.2) is 8.63 Å². The molecule has 14 heavy (non-hydrogen) atoms. The third-order valence-electron chi connectivity index (χ3n) is 1.41. The van der Waals surface area contributed by atoms with Crippen molar-refractivity contribution in [2.45, 2.75) is 6.18 Å². The predicted octanol–water partition coefficient (Wildman–Crippen LogP) is 3.01. The summed E-state index contributed by atoms with van der Waals surface area (Å²) >= 11 is 0. The van der Waals surface area contributed by atoms with Crippen molar-refractivity contribution in [3.63, 3.8) is 0 Å². The van der Waals surface area contributed by atoms with Gasteiger partial charge in [0.15, 0.2) is 0 Å². The Morgan fingerprint density at radius 1 is 1.00 bits per heavy atom. The molecule has 1 aromatic carbocycles. The highest BCUT2D eigenvalue weighted by Crippen LogP contribution is 2.30. The molecule has 1 aromatic rings. The van der Waals surface area contributed by atoms with E-state index in [4.69, 9.17) is 0 Å². The molecule has 0 saturated heterocycles. The smallest absolute Gasteiger partial charge is 0.505 e. The van der Waals surface area contributed by atoms with Gasteiger partial charge >= 0.3 is 13.6 Å². The van der Waals surface area contributed by atoms with Crippen molar-refractivity contribution >= 4 is 7.47 Å². The Hall–Kier alpha value is -1.27. The summed E-state index contributed by atoms with van der Waals surface area (Å²) in [6, 6.07) is 3.04. The summed E-state index contributed by atoms with van der Waals surface area (Å²) in [4.78, 5) is 0. The van der Waals surface area contributed by atoms with Crippen LogP contribution in [0.1, 0.15) is 5.56 Å². The molecule has 0 saturated carbocycles.